The van der Waals surface area contributed by atoms with Gasteiger partial charge in [0.15, 0.2) is 5.13 Å². The highest BCUT2D eigenvalue weighted by Gasteiger charge is 2.28. The molecule has 208 valence electrons. The van der Waals surface area contributed by atoms with Crippen molar-refractivity contribution >= 4 is 34.0 Å². The number of hydrogen-bond acceptors (Lipinski definition) is 8. The van der Waals surface area contributed by atoms with E-state index in [1.165, 1.54) is 11.3 Å². The average molecular weight is 561 g/mol. The van der Waals surface area contributed by atoms with Crippen molar-refractivity contribution in [2.24, 2.45) is 12.8 Å². The molecule has 40 heavy (non-hydrogen) atoms. The summed E-state index contributed by atoms with van der Waals surface area (Å²) in [5.41, 5.74) is 10.6. The molecule has 2 amide bonds. The van der Waals surface area contributed by atoms with Crippen LogP contribution in [0, 0.1) is 6.92 Å². The molecule has 0 bridgehead atoms. The van der Waals surface area contributed by atoms with Gasteiger partial charge in [0.05, 0.1) is 37.9 Å². The Bertz CT molecular complexity index is 1510. The van der Waals surface area contributed by atoms with Gasteiger partial charge in [0, 0.05) is 36.3 Å². The van der Waals surface area contributed by atoms with E-state index in [0.29, 0.717) is 49.5 Å². The molecule has 4 aromatic rings. The van der Waals surface area contributed by atoms with Crippen molar-refractivity contribution in [2.45, 2.75) is 19.8 Å². The third-order valence-electron chi connectivity index (χ3n) is 6.59. The lowest BCUT2D eigenvalue weighted by Crippen LogP contribution is -2.30. The minimum atomic E-state index is -0.151. The number of amides is 2. The number of benzene rings is 2. The Labute approximate surface area is 236 Å². The van der Waals surface area contributed by atoms with Crippen LogP contribution in [-0.4, -0.2) is 59.3 Å². The largest absolute Gasteiger partial charge is 0.491 e. The second-order valence-electron chi connectivity index (χ2n) is 9.49. The molecule has 0 fully saturated rings. The molecule has 1 aliphatic rings. The van der Waals surface area contributed by atoms with Crippen molar-refractivity contribution < 1.29 is 19.1 Å². The van der Waals surface area contributed by atoms with Crippen molar-refractivity contribution in [3.63, 3.8) is 0 Å². The zero-order chi connectivity index (χ0) is 28.1. The van der Waals surface area contributed by atoms with Gasteiger partial charge in [-0.2, -0.15) is 0 Å². The average Bonchev–Trinajstić information content (AvgIpc) is 3.66. The third kappa shape index (κ3) is 6.22. The zero-order valence-corrected chi connectivity index (χ0v) is 23.4. The number of fused-ring (bicyclic) bond motifs is 1. The Kier molecular flexibility index (Phi) is 8.54. The van der Waals surface area contributed by atoms with Gasteiger partial charge in [0.1, 0.15) is 18.1 Å². The lowest BCUT2D eigenvalue weighted by molar-refractivity contribution is -0.115. The normalized spacial score (nSPS) is 12.4. The van der Waals surface area contributed by atoms with Crippen LogP contribution in [0.4, 0.5) is 10.8 Å². The summed E-state index contributed by atoms with van der Waals surface area (Å²) in [5.74, 6) is 0.475. The van der Waals surface area contributed by atoms with Gasteiger partial charge in [-0.15, -0.1) is 11.3 Å². The number of anilines is 2. The number of carbonyl (C=O) groups is 2. The van der Waals surface area contributed by atoms with E-state index >= 15 is 0 Å². The molecule has 1 aliphatic heterocycles. The lowest BCUT2D eigenvalue weighted by Gasteiger charge is -2.17. The Hall–Kier alpha value is -4.06. The molecule has 0 saturated heterocycles. The molecule has 10 nitrogen and oxygen atoms in total. The first kappa shape index (κ1) is 27.5. The molecule has 2 aromatic carbocycles. The zero-order valence-electron chi connectivity index (χ0n) is 22.6. The van der Waals surface area contributed by atoms with Crippen molar-refractivity contribution in [2.75, 3.05) is 43.1 Å². The summed E-state index contributed by atoms with van der Waals surface area (Å²) in [6.07, 6.45) is 4.19. The van der Waals surface area contributed by atoms with E-state index in [0.717, 1.165) is 39.4 Å². The van der Waals surface area contributed by atoms with Crippen LogP contribution in [0.15, 0.2) is 55.0 Å². The number of aryl methyl sites for hydroxylation is 2. The second-order valence-corrected chi connectivity index (χ2v) is 10.7. The van der Waals surface area contributed by atoms with E-state index < -0.39 is 0 Å². The molecular formula is C29H32N6O4S. The van der Waals surface area contributed by atoms with Gasteiger partial charge >= 0.3 is 0 Å². The van der Waals surface area contributed by atoms with Gasteiger partial charge in [-0.1, -0.05) is 18.2 Å². The molecular weight excluding hydrogens is 528 g/mol. The van der Waals surface area contributed by atoms with E-state index in [4.69, 9.17) is 20.2 Å². The van der Waals surface area contributed by atoms with Gasteiger partial charge in [-0.25, -0.2) is 9.97 Å². The van der Waals surface area contributed by atoms with E-state index in [1.54, 1.807) is 22.0 Å². The summed E-state index contributed by atoms with van der Waals surface area (Å²) in [7, 11) is 1.82. The van der Waals surface area contributed by atoms with Crippen LogP contribution < -0.4 is 20.7 Å². The Morgan fingerprint density at radius 2 is 2.02 bits per heavy atom. The van der Waals surface area contributed by atoms with Crippen LogP contribution in [0.3, 0.4) is 0 Å². The van der Waals surface area contributed by atoms with Crippen molar-refractivity contribution in [3.8, 4) is 17.0 Å². The topological polar surface area (TPSA) is 125 Å². The van der Waals surface area contributed by atoms with Crippen LogP contribution in [0.1, 0.15) is 26.5 Å². The first-order valence-electron chi connectivity index (χ1n) is 13.1. The smallest absolute Gasteiger partial charge is 0.276 e. The highest BCUT2D eigenvalue weighted by atomic mass is 32.1. The van der Waals surface area contributed by atoms with Crippen LogP contribution >= 0.6 is 11.3 Å². The van der Waals surface area contributed by atoms with Crippen molar-refractivity contribution in [1.82, 2.24) is 14.5 Å². The predicted octanol–water partition coefficient (Wildman–Crippen LogP) is 3.59. The molecule has 0 aliphatic carbocycles. The van der Waals surface area contributed by atoms with E-state index in [9.17, 15) is 9.59 Å². The maximum Gasteiger partial charge on any atom is 0.276 e. The Balaban J connectivity index is 1.22. The van der Waals surface area contributed by atoms with Crippen LogP contribution in [-0.2, 0) is 29.4 Å². The number of carbonyl (C=O) groups excluding carboxylic acids is 2. The molecule has 3 heterocycles. The summed E-state index contributed by atoms with van der Waals surface area (Å²) in [6.45, 7) is 4.46. The number of aromatic nitrogens is 3. The van der Waals surface area contributed by atoms with Crippen molar-refractivity contribution in [3.05, 3.63) is 76.7 Å². The summed E-state index contributed by atoms with van der Waals surface area (Å²) in [6, 6.07) is 13.5. The fraction of sp³-hybridized carbons (Fsp3) is 0.310. The Morgan fingerprint density at radius 3 is 2.83 bits per heavy atom. The summed E-state index contributed by atoms with van der Waals surface area (Å²) in [5, 5.41) is 3.49. The summed E-state index contributed by atoms with van der Waals surface area (Å²) in [4.78, 5) is 37.4. The number of hydrogen-bond donors (Lipinski definition) is 2. The summed E-state index contributed by atoms with van der Waals surface area (Å²) < 4.78 is 12.8. The van der Waals surface area contributed by atoms with Crippen LogP contribution in [0.5, 0.6) is 5.75 Å². The third-order valence-corrected chi connectivity index (χ3v) is 7.48. The molecule has 11 heteroatoms. The number of imidazole rings is 1. The van der Waals surface area contributed by atoms with Gasteiger partial charge < -0.3 is 30.0 Å². The molecule has 2 aromatic heterocycles. The molecule has 0 spiro atoms. The number of thiazole rings is 1. The van der Waals surface area contributed by atoms with E-state index in [1.807, 2.05) is 50.4 Å². The second kappa shape index (κ2) is 12.4. The first-order chi connectivity index (χ1) is 19.4. The molecule has 0 atom stereocenters. The molecule has 0 saturated carbocycles. The van der Waals surface area contributed by atoms with Gasteiger partial charge in [-0.3, -0.25) is 9.59 Å². The number of rotatable bonds is 11. The maximum atomic E-state index is 13.0. The van der Waals surface area contributed by atoms with Crippen LogP contribution in [0.25, 0.3) is 11.3 Å². The lowest BCUT2D eigenvalue weighted by atomic mass is 10.1. The fourth-order valence-electron chi connectivity index (χ4n) is 4.68. The van der Waals surface area contributed by atoms with Gasteiger partial charge in [-0.05, 0) is 48.7 Å². The van der Waals surface area contributed by atoms with Gasteiger partial charge in [0.2, 0.25) is 5.91 Å². The highest BCUT2D eigenvalue weighted by Crippen LogP contribution is 2.36. The highest BCUT2D eigenvalue weighted by molar-refractivity contribution is 7.16. The predicted molar refractivity (Wildman–Crippen MR) is 155 cm³/mol. The minimum absolute atomic E-state index is 0.0602. The molecule has 5 rings (SSSR count). The number of nitrogens with zero attached hydrogens (tertiary/aromatic N) is 4. The summed E-state index contributed by atoms with van der Waals surface area (Å²) >= 11 is 1.44. The standard InChI is InChI=1S/C29H32N6O4S/c1-19-27(22-6-7-24-21(16-22)8-10-35(24)28(37)25-17-31-18-34(25)2)33-29(40-19)32-26(36)15-20-4-3-5-23(14-20)39-13-12-38-11-9-30/h3-7,14,16-18H,8-13,15,30H2,1-2H3,(H,32,33,36). The number of nitrogens with one attached hydrogen (secondary N) is 1. The molecule has 3 N–H and O–H groups in total. The fourth-order valence-corrected chi connectivity index (χ4v) is 5.53. The SMILES string of the molecule is Cc1sc(NC(=O)Cc2cccc(OCCOCCN)c2)nc1-c1ccc2c(c1)CCN2C(=O)c1cncn1C. The van der Waals surface area contributed by atoms with E-state index in [2.05, 4.69) is 16.4 Å². The first-order valence-corrected chi connectivity index (χ1v) is 13.9. The maximum absolute atomic E-state index is 13.0. The van der Waals surface area contributed by atoms with Gasteiger partial charge in [0.25, 0.3) is 5.91 Å². The molecule has 0 unspecified atom stereocenters. The number of nitrogens with two attached hydrogens (primary N) is 1. The monoisotopic (exact) mass is 560 g/mol. The number of ether oxygens (including phenoxy) is 2. The minimum Gasteiger partial charge on any atom is -0.491 e. The Morgan fingerprint density at radius 1 is 1.15 bits per heavy atom. The van der Waals surface area contributed by atoms with Crippen LogP contribution in [0.2, 0.25) is 0 Å². The molecule has 0 radical (unpaired) electrons. The van der Waals surface area contributed by atoms with Crippen molar-refractivity contribution in [1.29, 1.82) is 0 Å². The van der Waals surface area contributed by atoms with E-state index in [-0.39, 0.29) is 18.2 Å². The quantitative estimate of drug-likeness (QED) is 0.269.